The number of carbonyl (C=O) groups excluding carboxylic acids is 1. The molecule has 5 nitrogen and oxygen atoms in total. The van der Waals surface area contributed by atoms with Gasteiger partial charge >= 0.3 is 0 Å². The minimum absolute atomic E-state index is 0.0313. The molecule has 0 aliphatic rings. The molecule has 0 unspecified atom stereocenters. The van der Waals surface area contributed by atoms with Crippen molar-refractivity contribution in [3.63, 3.8) is 0 Å². The standard InChI is InChI=1S/C26H26BrN3O2/c1-17(2)29-26(31)22(15-28)14-21-13-18(3)30(19(21)4)24-9-11-25(12-10-24)32-16-20-5-7-23(27)8-6-20/h5-14,17H,16H2,1-4H3,(H,29,31)/b22-14-. The van der Waals surface area contributed by atoms with E-state index in [9.17, 15) is 10.1 Å². The summed E-state index contributed by atoms with van der Waals surface area (Å²) < 4.78 is 9.04. The Hall–Kier alpha value is -3.30. The molecule has 1 N–H and O–H groups in total. The predicted molar refractivity (Wildman–Crippen MR) is 131 cm³/mol. The first kappa shape index (κ1) is 23.4. The zero-order chi connectivity index (χ0) is 23.3. The van der Waals surface area contributed by atoms with Gasteiger partial charge in [-0.3, -0.25) is 4.79 Å². The molecule has 6 heteroatoms. The van der Waals surface area contributed by atoms with Crippen LogP contribution in [0, 0.1) is 25.2 Å². The van der Waals surface area contributed by atoms with Gasteiger partial charge in [0.05, 0.1) is 0 Å². The molecule has 0 aliphatic heterocycles. The van der Waals surface area contributed by atoms with E-state index in [1.807, 2.05) is 88.4 Å². The SMILES string of the molecule is Cc1cc(/C=C(/C#N)C(=O)NC(C)C)c(C)n1-c1ccc(OCc2ccc(Br)cc2)cc1. The minimum atomic E-state index is -0.362. The molecule has 0 atom stereocenters. The Labute approximate surface area is 197 Å². The van der Waals surface area contributed by atoms with Crippen LogP contribution in [0.25, 0.3) is 11.8 Å². The van der Waals surface area contributed by atoms with E-state index in [2.05, 4.69) is 25.8 Å². The van der Waals surface area contributed by atoms with Crippen molar-refractivity contribution in [2.24, 2.45) is 0 Å². The van der Waals surface area contributed by atoms with Gasteiger partial charge in [-0.2, -0.15) is 5.26 Å². The number of aromatic nitrogens is 1. The molecule has 0 aliphatic carbocycles. The number of nitrogens with zero attached hydrogens (tertiary/aromatic N) is 2. The van der Waals surface area contributed by atoms with Crippen molar-refractivity contribution in [3.05, 3.63) is 87.2 Å². The predicted octanol–water partition coefficient (Wildman–Crippen LogP) is 5.87. The molecule has 0 radical (unpaired) electrons. The zero-order valence-electron chi connectivity index (χ0n) is 18.6. The van der Waals surface area contributed by atoms with Gasteiger partial charge in [-0.25, -0.2) is 0 Å². The third-order valence-corrected chi connectivity index (χ3v) is 5.50. The lowest BCUT2D eigenvalue weighted by Crippen LogP contribution is -2.30. The summed E-state index contributed by atoms with van der Waals surface area (Å²) in [6, 6.07) is 19.9. The highest BCUT2D eigenvalue weighted by Crippen LogP contribution is 2.25. The van der Waals surface area contributed by atoms with Crippen molar-refractivity contribution < 1.29 is 9.53 Å². The molecule has 0 saturated heterocycles. The highest BCUT2D eigenvalue weighted by atomic mass is 79.9. The summed E-state index contributed by atoms with van der Waals surface area (Å²) in [5.41, 5.74) is 4.99. The van der Waals surface area contributed by atoms with Gasteiger partial charge in [-0.15, -0.1) is 0 Å². The van der Waals surface area contributed by atoms with Crippen LogP contribution in [0.1, 0.15) is 36.4 Å². The normalized spacial score (nSPS) is 11.3. The van der Waals surface area contributed by atoms with Crippen molar-refractivity contribution in [2.45, 2.75) is 40.3 Å². The maximum absolute atomic E-state index is 12.3. The van der Waals surface area contributed by atoms with Gasteiger partial charge in [-0.1, -0.05) is 28.1 Å². The van der Waals surface area contributed by atoms with Gasteiger partial charge in [0.25, 0.3) is 5.91 Å². The maximum Gasteiger partial charge on any atom is 0.262 e. The van der Waals surface area contributed by atoms with Crippen LogP contribution >= 0.6 is 15.9 Å². The first-order valence-corrected chi connectivity index (χ1v) is 11.2. The molecule has 32 heavy (non-hydrogen) atoms. The van der Waals surface area contributed by atoms with Gasteiger partial charge in [0.2, 0.25) is 0 Å². The highest BCUT2D eigenvalue weighted by molar-refractivity contribution is 9.10. The number of hydrogen-bond acceptors (Lipinski definition) is 3. The Balaban J connectivity index is 1.79. The van der Waals surface area contributed by atoms with E-state index in [1.54, 1.807) is 6.08 Å². The average molecular weight is 492 g/mol. The number of hydrogen-bond donors (Lipinski definition) is 1. The molecule has 3 aromatic rings. The van der Waals surface area contributed by atoms with Gasteiger partial charge in [0.15, 0.2) is 0 Å². The van der Waals surface area contributed by atoms with Crippen molar-refractivity contribution in [3.8, 4) is 17.5 Å². The van der Waals surface area contributed by atoms with Crippen molar-refractivity contribution >= 4 is 27.9 Å². The average Bonchev–Trinajstić information content (AvgIpc) is 3.04. The fourth-order valence-corrected chi connectivity index (χ4v) is 3.68. The quantitative estimate of drug-likeness (QED) is 0.332. The summed E-state index contributed by atoms with van der Waals surface area (Å²) in [6.07, 6.45) is 1.65. The van der Waals surface area contributed by atoms with Crippen LogP contribution in [-0.2, 0) is 11.4 Å². The molecule has 1 amide bonds. The van der Waals surface area contributed by atoms with E-state index in [0.29, 0.717) is 6.61 Å². The van der Waals surface area contributed by atoms with E-state index in [-0.39, 0.29) is 17.5 Å². The summed E-state index contributed by atoms with van der Waals surface area (Å²) in [6.45, 7) is 8.21. The largest absolute Gasteiger partial charge is 0.489 e. The Kier molecular flexibility index (Phi) is 7.55. The Morgan fingerprint density at radius 2 is 1.81 bits per heavy atom. The lowest BCUT2D eigenvalue weighted by Gasteiger charge is -2.12. The summed E-state index contributed by atoms with van der Waals surface area (Å²) in [5.74, 6) is 0.427. The van der Waals surface area contributed by atoms with E-state index in [1.165, 1.54) is 0 Å². The topological polar surface area (TPSA) is 67.0 Å². The fraction of sp³-hybridized carbons (Fsp3) is 0.231. The molecule has 3 rings (SSSR count). The van der Waals surface area contributed by atoms with Gasteiger partial charge < -0.3 is 14.6 Å². The number of nitrogens with one attached hydrogen (secondary N) is 1. The monoisotopic (exact) mass is 491 g/mol. The van der Waals surface area contributed by atoms with Crippen molar-refractivity contribution in [2.75, 3.05) is 0 Å². The first-order valence-electron chi connectivity index (χ1n) is 10.4. The summed E-state index contributed by atoms with van der Waals surface area (Å²) in [5, 5.41) is 12.2. The summed E-state index contributed by atoms with van der Waals surface area (Å²) in [4.78, 5) is 12.3. The Morgan fingerprint density at radius 3 is 2.41 bits per heavy atom. The van der Waals surface area contributed by atoms with Crippen molar-refractivity contribution in [1.82, 2.24) is 9.88 Å². The Morgan fingerprint density at radius 1 is 1.16 bits per heavy atom. The molecule has 1 heterocycles. The van der Waals surface area contributed by atoms with Gasteiger partial charge in [0, 0.05) is 27.6 Å². The second kappa shape index (κ2) is 10.3. The first-order chi connectivity index (χ1) is 15.3. The summed E-state index contributed by atoms with van der Waals surface area (Å²) >= 11 is 3.44. The lowest BCUT2D eigenvalue weighted by molar-refractivity contribution is -0.117. The van der Waals surface area contributed by atoms with Crippen LogP contribution in [-0.4, -0.2) is 16.5 Å². The number of ether oxygens (including phenoxy) is 1. The van der Waals surface area contributed by atoms with E-state index in [4.69, 9.17) is 4.74 Å². The Bertz CT molecular complexity index is 1170. The molecule has 1 aromatic heterocycles. The lowest BCUT2D eigenvalue weighted by atomic mass is 10.1. The van der Waals surface area contributed by atoms with Crippen LogP contribution in [0.15, 0.2) is 64.6 Å². The number of rotatable bonds is 7. The third kappa shape index (κ3) is 5.68. The number of aryl methyl sites for hydroxylation is 1. The highest BCUT2D eigenvalue weighted by Gasteiger charge is 2.14. The van der Waals surface area contributed by atoms with Crippen LogP contribution in [0.5, 0.6) is 5.75 Å². The number of halogens is 1. The number of carbonyl (C=O) groups is 1. The molecule has 0 spiro atoms. The number of amides is 1. The second-order valence-corrected chi connectivity index (χ2v) is 8.78. The molecule has 0 saturated carbocycles. The fourth-order valence-electron chi connectivity index (χ4n) is 3.41. The van der Waals surface area contributed by atoms with Gasteiger partial charge in [0.1, 0.15) is 24.0 Å². The van der Waals surface area contributed by atoms with E-state index >= 15 is 0 Å². The molecule has 164 valence electrons. The third-order valence-electron chi connectivity index (χ3n) is 4.97. The smallest absolute Gasteiger partial charge is 0.262 e. The minimum Gasteiger partial charge on any atom is -0.489 e. The molecule has 0 bridgehead atoms. The van der Waals surface area contributed by atoms with Crippen LogP contribution in [0.2, 0.25) is 0 Å². The van der Waals surface area contributed by atoms with E-state index < -0.39 is 0 Å². The van der Waals surface area contributed by atoms with Crippen LogP contribution in [0.4, 0.5) is 0 Å². The molecular weight excluding hydrogens is 466 g/mol. The zero-order valence-corrected chi connectivity index (χ0v) is 20.2. The van der Waals surface area contributed by atoms with Gasteiger partial charge in [-0.05, 0) is 87.4 Å². The molecular formula is C26H26BrN3O2. The number of benzene rings is 2. The van der Waals surface area contributed by atoms with E-state index in [0.717, 1.165) is 38.4 Å². The van der Waals surface area contributed by atoms with Crippen LogP contribution in [0.3, 0.4) is 0 Å². The molecule has 0 fully saturated rings. The number of nitriles is 1. The van der Waals surface area contributed by atoms with Crippen LogP contribution < -0.4 is 10.1 Å². The van der Waals surface area contributed by atoms with Crippen molar-refractivity contribution in [1.29, 1.82) is 5.26 Å². The second-order valence-electron chi connectivity index (χ2n) is 7.87. The summed E-state index contributed by atoms with van der Waals surface area (Å²) in [7, 11) is 0. The molecule has 2 aromatic carbocycles. The maximum atomic E-state index is 12.3.